The first-order chi connectivity index (χ1) is 10.4. The first-order valence-electron chi connectivity index (χ1n) is 7.36. The molecule has 0 aliphatic heterocycles. The number of amides is 1. The summed E-state index contributed by atoms with van der Waals surface area (Å²) in [5.41, 5.74) is 7.66. The van der Waals surface area contributed by atoms with Crippen molar-refractivity contribution in [3.63, 3.8) is 0 Å². The molecule has 127 valence electrons. The second-order valence-corrected chi connectivity index (χ2v) is 6.27. The summed E-state index contributed by atoms with van der Waals surface area (Å²) in [6.45, 7) is 1.54. The quantitative estimate of drug-likeness (QED) is 0.332. The van der Waals surface area contributed by atoms with Gasteiger partial charge in [-0.2, -0.15) is 11.8 Å². The fraction of sp³-hybridized carbons (Fsp3) is 0.786. The number of nitrogens with one attached hydrogen (secondary N) is 2. The van der Waals surface area contributed by atoms with E-state index < -0.39 is 30.6 Å². The number of carbonyl (C=O) groups is 3. The Morgan fingerprint density at radius 2 is 2.05 bits per heavy atom. The number of rotatable bonds is 13. The predicted molar refractivity (Wildman–Crippen MR) is 84.6 cm³/mol. The molecule has 0 aromatic rings. The molecule has 22 heavy (non-hydrogen) atoms. The van der Waals surface area contributed by atoms with Crippen molar-refractivity contribution in [1.82, 2.24) is 11.1 Å². The highest BCUT2D eigenvalue weighted by Crippen LogP contribution is 2.22. The summed E-state index contributed by atoms with van der Waals surface area (Å²) >= 11 is 1.21. The number of hydrogen-bond acceptors (Lipinski definition) is 5. The number of aliphatic carboxylic acids is 1. The normalized spacial score (nSPS) is 14.9. The molecule has 0 aromatic carbocycles. The van der Waals surface area contributed by atoms with Crippen LogP contribution in [0.5, 0.6) is 0 Å². The van der Waals surface area contributed by atoms with Crippen molar-refractivity contribution in [3.8, 4) is 0 Å². The molecule has 0 bridgehead atoms. The number of aliphatic hydroxyl groups is 1. The maximum atomic E-state index is 11.5. The van der Waals surface area contributed by atoms with Crippen LogP contribution >= 0.6 is 11.8 Å². The summed E-state index contributed by atoms with van der Waals surface area (Å²) in [5, 5.41) is 20.3. The van der Waals surface area contributed by atoms with Gasteiger partial charge in [-0.3, -0.25) is 9.59 Å². The maximum Gasteiger partial charge on any atom is 0.322 e. The minimum Gasteiger partial charge on any atom is -0.480 e. The molecular formula is C14H25N2O5S. The van der Waals surface area contributed by atoms with Gasteiger partial charge in [0.25, 0.3) is 0 Å². The van der Waals surface area contributed by atoms with Gasteiger partial charge in [0.1, 0.15) is 18.9 Å². The van der Waals surface area contributed by atoms with E-state index in [1.54, 1.807) is 0 Å². The smallest absolute Gasteiger partial charge is 0.322 e. The number of carboxylic acid groups (broad SMARTS) is 1. The zero-order valence-corrected chi connectivity index (χ0v) is 13.6. The first kappa shape index (κ1) is 20.9. The SMILES string of the molecule is CCCCCC(O)C(CC=O)SCC([NH])C(=O)NCC(=O)O. The molecule has 0 fully saturated rings. The van der Waals surface area contributed by atoms with E-state index in [1.165, 1.54) is 11.8 Å². The monoisotopic (exact) mass is 333 g/mol. The van der Waals surface area contributed by atoms with Gasteiger partial charge in [0.15, 0.2) is 0 Å². The lowest BCUT2D eigenvalue weighted by molar-refractivity contribution is -0.138. The molecular weight excluding hydrogens is 308 g/mol. The van der Waals surface area contributed by atoms with Crippen LogP contribution in [0.15, 0.2) is 0 Å². The number of thioether (sulfide) groups is 1. The van der Waals surface area contributed by atoms with Crippen LogP contribution in [0.4, 0.5) is 0 Å². The molecule has 0 aliphatic carbocycles. The average Bonchev–Trinajstić information content (AvgIpc) is 2.48. The summed E-state index contributed by atoms with van der Waals surface area (Å²) in [5.74, 6) is -1.73. The Morgan fingerprint density at radius 1 is 1.36 bits per heavy atom. The third-order valence-corrected chi connectivity index (χ3v) is 4.53. The van der Waals surface area contributed by atoms with E-state index in [4.69, 9.17) is 10.8 Å². The third-order valence-electron chi connectivity index (χ3n) is 3.07. The lowest BCUT2D eigenvalue weighted by atomic mass is 10.1. The molecule has 0 aromatic heterocycles. The zero-order valence-electron chi connectivity index (χ0n) is 12.8. The molecule has 0 rings (SSSR count). The van der Waals surface area contributed by atoms with Gasteiger partial charge in [-0.1, -0.05) is 26.2 Å². The fourth-order valence-electron chi connectivity index (χ4n) is 1.80. The standard InChI is InChI=1S/C14H25N2O5S/c1-2-3-4-5-11(18)12(6-7-17)22-9-10(15)14(21)16-8-13(19)20/h7,10-12,15,18H,2-6,8-9H2,1H3,(H,16,21)(H,19,20). The summed E-state index contributed by atoms with van der Waals surface area (Å²) < 4.78 is 0. The zero-order chi connectivity index (χ0) is 17.0. The summed E-state index contributed by atoms with van der Waals surface area (Å²) in [6, 6.07) is -1.12. The van der Waals surface area contributed by atoms with Crippen molar-refractivity contribution in [2.75, 3.05) is 12.3 Å². The van der Waals surface area contributed by atoms with Crippen molar-refractivity contribution < 1.29 is 24.6 Å². The van der Waals surface area contributed by atoms with Crippen LogP contribution in [-0.2, 0) is 14.4 Å². The molecule has 0 heterocycles. The molecule has 1 amide bonds. The van der Waals surface area contributed by atoms with Gasteiger partial charge >= 0.3 is 5.97 Å². The highest BCUT2D eigenvalue weighted by Gasteiger charge is 2.22. The van der Waals surface area contributed by atoms with Crippen molar-refractivity contribution in [1.29, 1.82) is 0 Å². The summed E-state index contributed by atoms with van der Waals surface area (Å²) in [6.07, 6.45) is 3.76. The molecule has 7 nitrogen and oxygen atoms in total. The first-order valence-corrected chi connectivity index (χ1v) is 8.41. The largest absolute Gasteiger partial charge is 0.480 e. The van der Waals surface area contributed by atoms with Gasteiger partial charge in [-0.15, -0.1) is 0 Å². The van der Waals surface area contributed by atoms with Crippen LogP contribution in [0, 0.1) is 0 Å². The molecule has 3 unspecified atom stereocenters. The van der Waals surface area contributed by atoms with E-state index in [9.17, 15) is 19.5 Å². The highest BCUT2D eigenvalue weighted by atomic mass is 32.2. The number of aldehydes is 1. The lowest BCUT2D eigenvalue weighted by Crippen LogP contribution is -2.40. The predicted octanol–water partition coefficient (Wildman–Crippen LogP) is 0.471. The van der Waals surface area contributed by atoms with E-state index in [1.807, 2.05) is 0 Å². The Bertz CT molecular complexity index is 354. The molecule has 0 spiro atoms. The molecule has 8 heteroatoms. The van der Waals surface area contributed by atoms with Gasteiger partial charge < -0.3 is 20.3 Å². The van der Waals surface area contributed by atoms with Gasteiger partial charge in [-0.25, -0.2) is 5.73 Å². The average molecular weight is 333 g/mol. The Kier molecular flexibility index (Phi) is 11.8. The number of aliphatic hydroxyl groups excluding tert-OH is 1. The van der Waals surface area contributed by atoms with Crippen LogP contribution in [0.25, 0.3) is 0 Å². The highest BCUT2D eigenvalue weighted by molar-refractivity contribution is 8.00. The summed E-state index contributed by atoms with van der Waals surface area (Å²) in [4.78, 5) is 32.5. The Balaban J connectivity index is 4.23. The second kappa shape index (κ2) is 12.4. The fourth-order valence-corrected chi connectivity index (χ4v) is 2.97. The van der Waals surface area contributed by atoms with Crippen molar-refractivity contribution >= 4 is 29.9 Å². The van der Waals surface area contributed by atoms with E-state index >= 15 is 0 Å². The topological polar surface area (TPSA) is 127 Å². The molecule has 1 radical (unpaired) electrons. The van der Waals surface area contributed by atoms with Crippen molar-refractivity contribution in [2.24, 2.45) is 0 Å². The Hall–Kier alpha value is -1.12. The van der Waals surface area contributed by atoms with E-state index in [0.717, 1.165) is 25.5 Å². The van der Waals surface area contributed by atoms with Gasteiger partial charge in [0, 0.05) is 17.4 Å². The van der Waals surface area contributed by atoms with Crippen molar-refractivity contribution in [3.05, 3.63) is 0 Å². The minimum atomic E-state index is -1.17. The lowest BCUT2D eigenvalue weighted by Gasteiger charge is -2.21. The van der Waals surface area contributed by atoms with Gasteiger partial charge in [-0.05, 0) is 6.42 Å². The van der Waals surface area contributed by atoms with Crippen LogP contribution in [-0.4, -0.2) is 58.1 Å². The number of carbonyl (C=O) groups excluding carboxylic acids is 2. The van der Waals surface area contributed by atoms with E-state index in [2.05, 4.69) is 12.2 Å². The molecule has 0 saturated carbocycles. The molecule has 0 aliphatic rings. The Morgan fingerprint density at radius 3 is 2.59 bits per heavy atom. The van der Waals surface area contributed by atoms with Crippen LogP contribution < -0.4 is 11.1 Å². The molecule has 3 atom stereocenters. The van der Waals surface area contributed by atoms with E-state index in [-0.39, 0.29) is 17.4 Å². The maximum absolute atomic E-state index is 11.5. The second-order valence-electron chi connectivity index (χ2n) is 5.00. The third kappa shape index (κ3) is 9.75. The number of carboxylic acids is 1. The van der Waals surface area contributed by atoms with Gasteiger partial charge in [0.05, 0.1) is 6.10 Å². The van der Waals surface area contributed by atoms with Crippen molar-refractivity contribution in [2.45, 2.75) is 56.4 Å². The number of hydrogen-bond donors (Lipinski definition) is 3. The molecule has 4 N–H and O–H groups in total. The van der Waals surface area contributed by atoms with Crippen LogP contribution in [0.1, 0.15) is 39.0 Å². The Labute approximate surface area is 135 Å². The summed E-state index contributed by atoms with van der Waals surface area (Å²) in [7, 11) is 0. The van der Waals surface area contributed by atoms with Crippen LogP contribution in [0.3, 0.4) is 0 Å². The van der Waals surface area contributed by atoms with E-state index in [0.29, 0.717) is 6.42 Å². The molecule has 0 saturated heterocycles. The minimum absolute atomic E-state index is 0.106. The number of unbranched alkanes of at least 4 members (excludes halogenated alkanes) is 2. The van der Waals surface area contributed by atoms with Gasteiger partial charge in [0.2, 0.25) is 5.91 Å². The van der Waals surface area contributed by atoms with Crippen LogP contribution in [0.2, 0.25) is 0 Å².